The van der Waals surface area contributed by atoms with Crippen LogP contribution in [-0.2, 0) is 25.8 Å². The van der Waals surface area contributed by atoms with Crippen molar-refractivity contribution in [1.29, 1.82) is 0 Å². The average Bonchev–Trinajstić information content (AvgIpc) is 3.38. The highest BCUT2D eigenvalue weighted by Crippen LogP contribution is 2.41. The van der Waals surface area contributed by atoms with Gasteiger partial charge in [-0.25, -0.2) is 0 Å². The summed E-state index contributed by atoms with van der Waals surface area (Å²) < 4.78 is 4.54. The number of benzene rings is 3. The molecule has 0 bridgehead atoms. The van der Waals surface area contributed by atoms with Gasteiger partial charge in [-0.3, -0.25) is 9.20 Å². The number of imidazole rings is 1. The number of aromatic nitrogens is 2. The maximum atomic E-state index is 14.2. The Bertz CT molecular complexity index is 1730. The number of amides is 1. The van der Waals surface area contributed by atoms with Crippen molar-refractivity contribution < 1.29 is 4.79 Å². The number of anilines is 1. The van der Waals surface area contributed by atoms with Crippen LogP contribution in [0, 0.1) is 0 Å². The number of carbonyl (C=O) groups excluding carboxylic acids is 1. The summed E-state index contributed by atoms with van der Waals surface area (Å²) in [5, 5.41) is 4.00. The van der Waals surface area contributed by atoms with Crippen molar-refractivity contribution >= 4 is 40.4 Å². The molecule has 2 aliphatic rings. The molecule has 3 aromatic carbocycles. The van der Waals surface area contributed by atoms with Gasteiger partial charge in [-0.2, -0.15) is 0 Å². The minimum atomic E-state index is -0.153. The van der Waals surface area contributed by atoms with E-state index in [1.165, 1.54) is 29.5 Å². The van der Waals surface area contributed by atoms with Gasteiger partial charge in [-0.15, -0.1) is 0 Å². The minimum Gasteiger partial charge on any atom is -0.325 e. The molecule has 0 spiro atoms. The summed E-state index contributed by atoms with van der Waals surface area (Å²) in [4.78, 5) is 14.2. The Morgan fingerprint density at radius 1 is 0.769 bits per heavy atom. The van der Waals surface area contributed by atoms with Gasteiger partial charge in [0.15, 0.2) is 0 Å². The SMILES string of the molecule is O=C(Nc1ccc(Cl)c(Cl)c1)c1c(-c2ccc3c(c2)CCCC3)c2c3n(c(-c4ccccc4)cn13)CCCC2. The van der Waals surface area contributed by atoms with Crippen LogP contribution >= 0.6 is 23.2 Å². The van der Waals surface area contributed by atoms with Gasteiger partial charge in [-0.1, -0.05) is 71.7 Å². The molecule has 1 aliphatic carbocycles. The molecule has 0 atom stereocenters. The van der Waals surface area contributed by atoms with Crippen molar-refractivity contribution in [2.75, 3.05) is 5.32 Å². The van der Waals surface area contributed by atoms with E-state index < -0.39 is 0 Å². The Balaban J connectivity index is 1.46. The highest BCUT2D eigenvalue weighted by molar-refractivity contribution is 6.42. The third kappa shape index (κ3) is 4.27. The lowest BCUT2D eigenvalue weighted by molar-refractivity contribution is 0.102. The van der Waals surface area contributed by atoms with Crippen LogP contribution < -0.4 is 5.32 Å². The third-order valence-corrected chi connectivity index (χ3v) is 8.97. The van der Waals surface area contributed by atoms with E-state index in [9.17, 15) is 4.79 Å². The van der Waals surface area contributed by atoms with Crippen LogP contribution in [-0.4, -0.2) is 14.9 Å². The molecule has 2 aromatic heterocycles. The first kappa shape index (κ1) is 24.6. The molecule has 1 amide bonds. The van der Waals surface area contributed by atoms with Gasteiger partial charge >= 0.3 is 0 Å². The summed E-state index contributed by atoms with van der Waals surface area (Å²) >= 11 is 12.4. The lowest BCUT2D eigenvalue weighted by Gasteiger charge is -2.17. The number of fused-ring (bicyclic) bond motifs is 1. The van der Waals surface area contributed by atoms with E-state index in [0.29, 0.717) is 21.4 Å². The van der Waals surface area contributed by atoms with Crippen LogP contribution in [0.25, 0.3) is 28.0 Å². The average molecular weight is 555 g/mol. The Morgan fingerprint density at radius 3 is 2.38 bits per heavy atom. The van der Waals surface area contributed by atoms with E-state index in [1.54, 1.807) is 18.2 Å². The second-order valence-electron chi connectivity index (χ2n) is 10.7. The molecule has 0 unspecified atom stereocenters. The fourth-order valence-corrected chi connectivity index (χ4v) is 6.71. The van der Waals surface area contributed by atoms with Crippen molar-refractivity contribution in [3.63, 3.8) is 0 Å². The molecule has 7 rings (SSSR count). The molecule has 39 heavy (non-hydrogen) atoms. The zero-order chi connectivity index (χ0) is 26.5. The van der Waals surface area contributed by atoms with Crippen LogP contribution in [0.15, 0.2) is 72.9 Å². The van der Waals surface area contributed by atoms with E-state index >= 15 is 0 Å². The lowest BCUT2D eigenvalue weighted by Crippen LogP contribution is -2.15. The molecule has 1 aliphatic heterocycles. The lowest BCUT2D eigenvalue weighted by atomic mass is 9.88. The van der Waals surface area contributed by atoms with Gasteiger partial charge < -0.3 is 9.88 Å². The normalized spacial score (nSPS) is 14.7. The van der Waals surface area contributed by atoms with Crippen LogP contribution in [0.1, 0.15) is 52.9 Å². The number of hydrogen-bond acceptors (Lipinski definition) is 1. The van der Waals surface area contributed by atoms with Crippen molar-refractivity contribution in [3.8, 4) is 22.4 Å². The second-order valence-corrected chi connectivity index (χ2v) is 11.5. The smallest absolute Gasteiger partial charge is 0.273 e. The molecule has 0 saturated heterocycles. The monoisotopic (exact) mass is 553 g/mol. The quantitative estimate of drug-likeness (QED) is 0.237. The summed E-state index contributed by atoms with van der Waals surface area (Å²) in [7, 11) is 0. The summed E-state index contributed by atoms with van der Waals surface area (Å²) in [5.41, 5.74) is 11.0. The molecule has 0 saturated carbocycles. The molecule has 3 heterocycles. The van der Waals surface area contributed by atoms with E-state index in [4.69, 9.17) is 23.2 Å². The maximum absolute atomic E-state index is 14.2. The fraction of sp³-hybridized carbons (Fsp3) is 0.242. The zero-order valence-electron chi connectivity index (χ0n) is 21.6. The Hall–Kier alpha value is -3.47. The molecule has 0 fully saturated rings. The van der Waals surface area contributed by atoms with Gasteiger partial charge in [0, 0.05) is 29.6 Å². The molecular formula is C33H29Cl2N3O. The van der Waals surface area contributed by atoms with Gasteiger partial charge in [0.2, 0.25) is 0 Å². The number of carbonyl (C=O) groups is 1. The molecular weight excluding hydrogens is 525 g/mol. The number of rotatable bonds is 4. The third-order valence-electron chi connectivity index (χ3n) is 8.23. The Labute approximate surface area is 238 Å². The molecule has 4 nitrogen and oxygen atoms in total. The summed E-state index contributed by atoms with van der Waals surface area (Å²) in [6.45, 7) is 0.926. The Kier molecular flexibility index (Phi) is 6.25. The van der Waals surface area contributed by atoms with Crippen LogP contribution in [0.4, 0.5) is 5.69 Å². The van der Waals surface area contributed by atoms with Gasteiger partial charge in [0.05, 0.1) is 15.7 Å². The number of halogens is 2. The maximum Gasteiger partial charge on any atom is 0.273 e. The van der Waals surface area contributed by atoms with Crippen molar-refractivity contribution in [3.05, 3.63) is 105 Å². The summed E-state index contributed by atoms with van der Waals surface area (Å²) in [5.74, 6) is -0.153. The van der Waals surface area contributed by atoms with E-state index in [1.807, 2.05) is 6.07 Å². The van der Waals surface area contributed by atoms with Crippen LogP contribution in [0.5, 0.6) is 0 Å². The van der Waals surface area contributed by atoms with Crippen LogP contribution in [0.3, 0.4) is 0 Å². The highest BCUT2D eigenvalue weighted by atomic mass is 35.5. The van der Waals surface area contributed by atoms with Gasteiger partial charge in [0.25, 0.3) is 5.91 Å². The second kappa shape index (κ2) is 9.93. The first-order valence-electron chi connectivity index (χ1n) is 13.8. The van der Waals surface area contributed by atoms with Crippen molar-refractivity contribution in [1.82, 2.24) is 8.97 Å². The topological polar surface area (TPSA) is 38.4 Å². The van der Waals surface area contributed by atoms with E-state index in [-0.39, 0.29) is 5.91 Å². The molecule has 196 valence electrons. The molecule has 1 N–H and O–H groups in total. The van der Waals surface area contributed by atoms with Crippen molar-refractivity contribution in [2.45, 2.75) is 51.5 Å². The summed E-state index contributed by atoms with van der Waals surface area (Å²) in [6, 6.07) is 22.5. The predicted octanol–water partition coefficient (Wildman–Crippen LogP) is 8.85. The first-order valence-corrected chi connectivity index (χ1v) is 14.5. The predicted molar refractivity (Wildman–Crippen MR) is 160 cm³/mol. The first-order chi connectivity index (χ1) is 19.1. The van der Waals surface area contributed by atoms with E-state index in [2.05, 4.69) is 62.9 Å². The Morgan fingerprint density at radius 2 is 1.56 bits per heavy atom. The summed E-state index contributed by atoms with van der Waals surface area (Å²) in [6.07, 6.45) is 9.97. The molecule has 0 radical (unpaired) electrons. The fourth-order valence-electron chi connectivity index (χ4n) is 6.41. The van der Waals surface area contributed by atoms with Crippen LogP contribution in [0.2, 0.25) is 10.0 Å². The number of aryl methyl sites for hydroxylation is 4. The number of hydrogen-bond donors (Lipinski definition) is 1. The van der Waals surface area contributed by atoms with Crippen molar-refractivity contribution in [2.24, 2.45) is 0 Å². The van der Waals surface area contributed by atoms with E-state index in [0.717, 1.165) is 66.7 Å². The van der Waals surface area contributed by atoms with Gasteiger partial charge in [-0.05, 0) is 85.4 Å². The largest absolute Gasteiger partial charge is 0.325 e. The molecule has 5 aromatic rings. The number of nitrogens with zero attached hydrogens (tertiary/aromatic N) is 2. The molecule has 6 heteroatoms. The minimum absolute atomic E-state index is 0.153. The highest BCUT2D eigenvalue weighted by Gasteiger charge is 2.30. The zero-order valence-corrected chi connectivity index (χ0v) is 23.2. The number of nitrogens with one attached hydrogen (secondary N) is 1. The standard InChI is InChI=1S/C33H29Cl2N3O/c34-27-16-15-25(19-28(27)35)36-32(39)31-30(24-14-13-21-8-4-5-11-23(21)18-24)26-12-6-7-17-37-29(20-38(31)33(26)37)22-9-2-1-3-10-22/h1-3,9-10,13-16,18-20H,4-8,11-12,17H2,(H,36,39). The van der Waals surface area contributed by atoms with Gasteiger partial charge in [0.1, 0.15) is 11.3 Å².